The van der Waals surface area contributed by atoms with E-state index in [9.17, 15) is 4.79 Å². The topological polar surface area (TPSA) is 41.6 Å². The Bertz CT molecular complexity index is 191. The first-order chi connectivity index (χ1) is 6.90. The molecule has 0 aromatic rings. The fourth-order valence-electron chi connectivity index (χ4n) is 1.01. The first-order valence-electron chi connectivity index (χ1n) is 5.47. The number of carbonyl (C=O) groups is 1. The Kier molecular flexibility index (Phi) is 6.52. The van der Waals surface area contributed by atoms with E-state index < -0.39 is 5.54 Å². The van der Waals surface area contributed by atoms with Crippen LogP contribution in [0.1, 0.15) is 27.2 Å². The summed E-state index contributed by atoms with van der Waals surface area (Å²) in [6.45, 7) is 7.80. The number of hydrogen-bond donors (Lipinski definition) is 1. The molecule has 0 fully saturated rings. The smallest absolute Gasteiger partial charge is 0.325 e. The van der Waals surface area contributed by atoms with Gasteiger partial charge in [0, 0.05) is 6.54 Å². The molecule has 0 bridgehead atoms. The van der Waals surface area contributed by atoms with Crippen molar-refractivity contribution < 1.29 is 9.53 Å². The zero-order valence-corrected chi connectivity index (χ0v) is 10.6. The second-order valence-corrected chi connectivity index (χ2v) is 4.49. The van der Waals surface area contributed by atoms with Gasteiger partial charge in [0.05, 0.1) is 0 Å². The van der Waals surface area contributed by atoms with E-state index in [-0.39, 0.29) is 5.97 Å². The molecule has 1 N–H and O–H groups in total. The SMILES string of the molecule is CCCNC(C)(C)C(=O)OCCN(C)C. The predicted molar refractivity (Wildman–Crippen MR) is 61.9 cm³/mol. The zero-order valence-electron chi connectivity index (χ0n) is 10.6. The van der Waals surface area contributed by atoms with Crippen molar-refractivity contribution in [1.82, 2.24) is 10.2 Å². The molecule has 0 aliphatic rings. The van der Waals surface area contributed by atoms with E-state index in [1.54, 1.807) is 0 Å². The molecule has 0 saturated heterocycles. The largest absolute Gasteiger partial charge is 0.463 e. The zero-order chi connectivity index (χ0) is 11.9. The van der Waals surface area contributed by atoms with Crippen LogP contribution in [0.5, 0.6) is 0 Å². The minimum Gasteiger partial charge on any atom is -0.463 e. The first kappa shape index (κ1) is 14.4. The highest BCUT2D eigenvalue weighted by Crippen LogP contribution is 2.04. The van der Waals surface area contributed by atoms with Crippen LogP contribution in [0.3, 0.4) is 0 Å². The Labute approximate surface area is 93.0 Å². The maximum atomic E-state index is 11.6. The lowest BCUT2D eigenvalue weighted by molar-refractivity contribution is -0.150. The quantitative estimate of drug-likeness (QED) is 0.641. The highest BCUT2D eigenvalue weighted by Gasteiger charge is 2.27. The van der Waals surface area contributed by atoms with E-state index in [0.29, 0.717) is 6.61 Å². The van der Waals surface area contributed by atoms with Gasteiger partial charge in [-0.1, -0.05) is 6.92 Å². The summed E-state index contributed by atoms with van der Waals surface area (Å²) in [5.41, 5.74) is -0.581. The minimum absolute atomic E-state index is 0.183. The minimum atomic E-state index is -0.581. The summed E-state index contributed by atoms with van der Waals surface area (Å²) >= 11 is 0. The predicted octanol–water partition coefficient (Wildman–Crippen LogP) is 0.869. The molecule has 4 nitrogen and oxygen atoms in total. The second-order valence-electron chi connectivity index (χ2n) is 4.49. The number of rotatable bonds is 7. The van der Waals surface area contributed by atoms with Gasteiger partial charge in [-0.3, -0.25) is 4.79 Å². The van der Waals surface area contributed by atoms with Crippen molar-refractivity contribution in [3.05, 3.63) is 0 Å². The molecular formula is C11H24N2O2. The van der Waals surface area contributed by atoms with E-state index >= 15 is 0 Å². The van der Waals surface area contributed by atoms with Crippen molar-refractivity contribution in [3.8, 4) is 0 Å². The molecule has 0 atom stereocenters. The molecule has 90 valence electrons. The van der Waals surface area contributed by atoms with Gasteiger partial charge in [-0.25, -0.2) is 0 Å². The fraction of sp³-hybridized carbons (Fsp3) is 0.909. The summed E-state index contributed by atoms with van der Waals surface area (Å²) in [6, 6.07) is 0. The summed E-state index contributed by atoms with van der Waals surface area (Å²) in [5, 5.41) is 3.16. The van der Waals surface area contributed by atoms with Crippen LogP contribution in [-0.4, -0.2) is 50.2 Å². The average molecular weight is 216 g/mol. The van der Waals surface area contributed by atoms with Gasteiger partial charge in [0.25, 0.3) is 0 Å². The lowest BCUT2D eigenvalue weighted by atomic mass is 10.1. The fourth-order valence-corrected chi connectivity index (χ4v) is 1.01. The van der Waals surface area contributed by atoms with E-state index in [2.05, 4.69) is 12.2 Å². The molecule has 0 heterocycles. The summed E-state index contributed by atoms with van der Waals surface area (Å²) < 4.78 is 5.17. The molecular weight excluding hydrogens is 192 g/mol. The van der Waals surface area contributed by atoms with Crippen LogP contribution in [-0.2, 0) is 9.53 Å². The van der Waals surface area contributed by atoms with Gasteiger partial charge < -0.3 is 15.0 Å². The Balaban J connectivity index is 3.85. The van der Waals surface area contributed by atoms with Crippen molar-refractivity contribution in [3.63, 3.8) is 0 Å². The van der Waals surface area contributed by atoms with Gasteiger partial charge in [0.15, 0.2) is 0 Å². The number of hydrogen-bond acceptors (Lipinski definition) is 4. The molecule has 0 aromatic heterocycles. The molecule has 0 rings (SSSR count). The summed E-state index contributed by atoms with van der Waals surface area (Å²) in [4.78, 5) is 13.6. The van der Waals surface area contributed by atoms with Gasteiger partial charge in [0.1, 0.15) is 12.1 Å². The Morgan fingerprint density at radius 3 is 2.47 bits per heavy atom. The summed E-state index contributed by atoms with van der Waals surface area (Å²) in [6.07, 6.45) is 1.01. The molecule has 4 heteroatoms. The van der Waals surface area contributed by atoms with Gasteiger partial charge >= 0.3 is 5.97 Å². The lowest BCUT2D eigenvalue weighted by Gasteiger charge is -2.24. The highest BCUT2D eigenvalue weighted by atomic mass is 16.5. The standard InChI is InChI=1S/C11H24N2O2/c1-6-7-12-11(2,3)10(14)15-9-8-13(4)5/h12H,6-9H2,1-5H3. The van der Waals surface area contributed by atoms with Gasteiger partial charge in [-0.15, -0.1) is 0 Å². The number of nitrogens with one attached hydrogen (secondary N) is 1. The molecule has 15 heavy (non-hydrogen) atoms. The van der Waals surface area contributed by atoms with Gasteiger partial charge in [-0.2, -0.15) is 0 Å². The molecule has 0 aliphatic carbocycles. The van der Waals surface area contributed by atoms with Crippen LogP contribution < -0.4 is 5.32 Å². The van der Waals surface area contributed by atoms with Crippen LogP contribution in [0, 0.1) is 0 Å². The number of ether oxygens (including phenoxy) is 1. The maximum absolute atomic E-state index is 11.6. The molecule has 0 spiro atoms. The molecule has 0 radical (unpaired) electrons. The lowest BCUT2D eigenvalue weighted by Crippen LogP contribution is -2.48. The van der Waals surface area contributed by atoms with Crippen LogP contribution in [0.25, 0.3) is 0 Å². The van der Waals surface area contributed by atoms with Crippen molar-refractivity contribution >= 4 is 5.97 Å². The van der Waals surface area contributed by atoms with E-state index in [1.807, 2.05) is 32.8 Å². The van der Waals surface area contributed by atoms with Gasteiger partial charge in [0.2, 0.25) is 0 Å². The maximum Gasteiger partial charge on any atom is 0.325 e. The molecule has 0 saturated carbocycles. The number of nitrogens with zero attached hydrogens (tertiary/aromatic N) is 1. The van der Waals surface area contributed by atoms with Gasteiger partial charge in [-0.05, 0) is 40.9 Å². The molecule has 0 aromatic carbocycles. The Hall–Kier alpha value is -0.610. The van der Waals surface area contributed by atoms with E-state index in [4.69, 9.17) is 4.74 Å². The van der Waals surface area contributed by atoms with Crippen molar-refractivity contribution in [2.24, 2.45) is 0 Å². The Morgan fingerprint density at radius 2 is 2.00 bits per heavy atom. The number of carbonyl (C=O) groups excluding carboxylic acids is 1. The number of esters is 1. The summed E-state index contributed by atoms with van der Waals surface area (Å²) in [7, 11) is 3.91. The second kappa shape index (κ2) is 6.80. The van der Waals surface area contributed by atoms with Crippen molar-refractivity contribution in [2.75, 3.05) is 33.8 Å². The highest BCUT2D eigenvalue weighted by molar-refractivity contribution is 5.79. The molecule has 0 amide bonds. The number of likely N-dealkylation sites (N-methyl/N-ethyl adjacent to an activating group) is 1. The van der Waals surface area contributed by atoms with E-state index in [0.717, 1.165) is 19.5 Å². The summed E-state index contributed by atoms with van der Waals surface area (Å²) in [5.74, 6) is -0.183. The monoisotopic (exact) mass is 216 g/mol. The van der Waals surface area contributed by atoms with E-state index in [1.165, 1.54) is 0 Å². The van der Waals surface area contributed by atoms with Crippen LogP contribution >= 0.6 is 0 Å². The Morgan fingerprint density at radius 1 is 1.40 bits per heavy atom. The van der Waals surface area contributed by atoms with Crippen LogP contribution in [0.15, 0.2) is 0 Å². The first-order valence-corrected chi connectivity index (χ1v) is 5.47. The average Bonchev–Trinajstić information content (AvgIpc) is 2.14. The van der Waals surface area contributed by atoms with Crippen molar-refractivity contribution in [2.45, 2.75) is 32.7 Å². The third kappa shape index (κ3) is 6.47. The normalized spacial score (nSPS) is 11.9. The molecule has 0 aliphatic heterocycles. The van der Waals surface area contributed by atoms with Crippen molar-refractivity contribution in [1.29, 1.82) is 0 Å². The van der Waals surface area contributed by atoms with Crippen LogP contribution in [0.4, 0.5) is 0 Å². The molecule has 0 unspecified atom stereocenters. The third-order valence-corrected chi connectivity index (χ3v) is 2.10. The third-order valence-electron chi connectivity index (χ3n) is 2.10. The van der Waals surface area contributed by atoms with Crippen LogP contribution in [0.2, 0.25) is 0 Å².